The molecule has 1 aliphatic carbocycles. The number of halogens is 1. The van der Waals surface area contributed by atoms with Crippen molar-refractivity contribution in [3.8, 4) is 0 Å². The fraction of sp³-hybridized carbons (Fsp3) is 0.632. The molecule has 0 spiro atoms. The fourth-order valence-corrected chi connectivity index (χ4v) is 9.41. The molecule has 1 aromatic rings. The Labute approximate surface area is 459 Å². The van der Waals surface area contributed by atoms with Crippen LogP contribution < -0.4 is 21.3 Å². The predicted molar refractivity (Wildman–Crippen MR) is 303 cm³/mol. The molecular weight excluding hydrogens is 988 g/mol. The summed E-state index contributed by atoms with van der Waals surface area (Å²) in [5, 5.41) is 27.9. The topological polar surface area (TPSA) is 225 Å². The lowest BCUT2D eigenvalue weighted by Crippen LogP contribution is -2.50. The third kappa shape index (κ3) is 19.6. The van der Waals surface area contributed by atoms with Crippen molar-refractivity contribution in [2.75, 3.05) is 80.4 Å². The third-order valence-electron chi connectivity index (χ3n) is 14.7. The van der Waals surface area contributed by atoms with E-state index in [9.17, 15) is 19.2 Å². The van der Waals surface area contributed by atoms with Crippen molar-refractivity contribution in [3.05, 3.63) is 88.1 Å². The van der Waals surface area contributed by atoms with Gasteiger partial charge in [0.15, 0.2) is 11.6 Å². The van der Waals surface area contributed by atoms with E-state index in [1.54, 1.807) is 7.05 Å². The fourth-order valence-electron chi connectivity index (χ4n) is 9.41. The Bertz CT molecular complexity index is 2300. The average Bonchev–Trinajstić information content (AvgIpc) is 3.95. The smallest absolute Gasteiger partial charge is 0.250 e. The Morgan fingerprint density at radius 1 is 1.03 bits per heavy atom. The van der Waals surface area contributed by atoms with Gasteiger partial charge in [-0.2, -0.15) is 5.10 Å². The molecule has 2 unspecified atom stereocenters. The zero-order valence-electron chi connectivity index (χ0n) is 47.4. The second-order valence-corrected chi connectivity index (χ2v) is 20.5. The van der Waals surface area contributed by atoms with Gasteiger partial charge >= 0.3 is 0 Å². The van der Waals surface area contributed by atoms with Gasteiger partial charge in [-0.05, 0) is 123 Å². The number of aromatic nitrogens is 3. The second kappa shape index (κ2) is 33.0. The summed E-state index contributed by atoms with van der Waals surface area (Å²) in [5.41, 5.74) is 4.56. The lowest BCUT2D eigenvalue weighted by Gasteiger charge is -2.41. The molecule has 18 nitrogen and oxygen atoms in total. The minimum atomic E-state index is -0.392. The van der Waals surface area contributed by atoms with Gasteiger partial charge < -0.3 is 50.4 Å². The highest BCUT2D eigenvalue weighted by Gasteiger charge is 2.40. The first-order valence-electron chi connectivity index (χ1n) is 27.0. The number of ether oxygens (including phenoxy) is 3. The van der Waals surface area contributed by atoms with Gasteiger partial charge in [-0.3, -0.25) is 29.3 Å². The molecule has 76 heavy (non-hydrogen) atoms. The number of aromatic amines is 1. The van der Waals surface area contributed by atoms with Gasteiger partial charge in [-0.15, -0.1) is 12.4 Å². The molecule has 3 atom stereocenters. The number of carbonyl (C=O) groups excluding carboxylic acids is 4. The number of nitrogens with one attached hydrogen (secondary N) is 5. The quantitative estimate of drug-likeness (QED) is 0.0224. The lowest BCUT2D eigenvalue weighted by atomic mass is 9.84. The number of allylic oxidation sites excluding steroid dienone is 9. The van der Waals surface area contributed by atoms with Crippen molar-refractivity contribution in [1.82, 2.24) is 46.2 Å². The van der Waals surface area contributed by atoms with Crippen LogP contribution in [0.5, 0.6) is 0 Å². The van der Waals surface area contributed by atoms with E-state index in [4.69, 9.17) is 24.3 Å². The molecule has 19 heteroatoms. The van der Waals surface area contributed by atoms with E-state index >= 15 is 0 Å². The van der Waals surface area contributed by atoms with Gasteiger partial charge in [0.25, 0.3) is 5.91 Å². The zero-order chi connectivity index (χ0) is 55.0. The van der Waals surface area contributed by atoms with Crippen molar-refractivity contribution in [2.45, 2.75) is 144 Å². The standard InChI is InChI=1S/C56H86N10O7.CH4O.ClH/c1-11-46-47(37-66(53(46)70)45-24-25-49(67)58-36-45)48(12-2)60-50(68)38-72-34-33-71-31-15-13-14-16-32-73-40(4)19-18-26-55(7,8)42(6)59-52(69)43-20-17-21-44(23-22-43)62-56(27-29-65(10)30-28-56)54-61-51(63-64-54)41(5)39(3)35-57-9;1-2;/h12,17-21,26,35,42-43,45,62H,11,13-16,22-25,27-34,36-38H2,1-10H3,(H,58,67)(H,59,69)(H,60,68)(H,61,63,64);2H,1H3;1H/b26-18-,40-19+,41-39+,48-12+,57-35?;;/t42-,43?,45?;;/m1../s1. The van der Waals surface area contributed by atoms with E-state index in [0.29, 0.717) is 82.3 Å². The normalized spacial score (nSPS) is 20.3. The third-order valence-corrected chi connectivity index (χ3v) is 14.7. The first-order valence-corrected chi connectivity index (χ1v) is 27.0. The van der Waals surface area contributed by atoms with Crippen molar-refractivity contribution < 1.29 is 38.5 Å². The average molecular weight is 1080 g/mol. The molecular formula is C57H91ClN10O8. The van der Waals surface area contributed by atoms with Crippen LogP contribution in [0.3, 0.4) is 0 Å². The van der Waals surface area contributed by atoms with Gasteiger partial charge in [0.2, 0.25) is 17.7 Å². The highest BCUT2D eigenvalue weighted by Crippen LogP contribution is 2.34. The molecule has 5 rings (SSSR count). The number of piperidine rings is 2. The van der Waals surface area contributed by atoms with Crippen molar-refractivity contribution in [3.63, 3.8) is 0 Å². The van der Waals surface area contributed by atoms with Crippen LogP contribution in [-0.2, 0) is 38.9 Å². The van der Waals surface area contributed by atoms with E-state index in [0.717, 1.165) is 99.1 Å². The Kier molecular flexibility index (Phi) is 28.2. The summed E-state index contributed by atoms with van der Waals surface area (Å²) in [7, 11) is 4.91. The molecule has 6 N–H and O–H groups in total. The number of carbonyl (C=O) groups is 4. The van der Waals surface area contributed by atoms with Crippen LogP contribution in [0.1, 0.15) is 138 Å². The van der Waals surface area contributed by atoms with Crippen molar-refractivity contribution in [2.24, 2.45) is 16.3 Å². The molecule has 0 aromatic carbocycles. The highest BCUT2D eigenvalue weighted by atomic mass is 35.5. The summed E-state index contributed by atoms with van der Waals surface area (Å²) in [4.78, 5) is 64.6. The number of aliphatic hydroxyl groups excluding tert-OH is 1. The Balaban J connectivity index is 0.00000501. The van der Waals surface area contributed by atoms with Crippen molar-refractivity contribution >= 4 is 47.8 Å². The molecule has 0 bridgehead atoms. The summed E-state index contributed by atoms with van der Waals surface area (Å²) in [6.07, 6.45) is 24.6. The monoisotopic (exact) mass is 1080 g/mol. The van der Waals surface area contributed by atoms with E-state index in [1.807, 2.05) is 76.1 Å². The molecule has 2 saturated heterocycles. The number of unbranched alkanes of at least 4 members (excludes halogenated alkanes) is 3. The molecule has 0 saturated carbocycles. The lowest BCUT2D eigenvalue weighted by molar-refractivity contribution is -0.131. The Morgan fingerprint density at radius 2 is 1.74 bits per heavy atom. The predicted octanol–water partition coefficient (Wildman–Crippen LogP) is 7.14. The largest absolute Gasteiger partial charge is 0.498 e. The maximum absolute atomic E-state index is 13.7. The minimum absolute atomic E-state index is 0. The van der Waals surface area contributed by atoms with E-state index < -0.39 is 5.54 Å². The first kappa shape index (κ1) is 64.9. The minimum Gasteiger partial charge on any atom is -0.498 e. The number of aliphatic hydroxyl groups is 1. The molecule has 1 aromatic heterocycles. The van der Waals surface area contributed by atoms with E-state index in [1.165, 1.54) is 0 Å². The van der Waals surface area contributed by atoms with Crippen LogP contribution >= 0.6 is 12.4 Å². The van der Waals surface area contributed by atoms with E-state index in [-0.39, 0.29) is 66.1 Å². The Morgan fingerprint density at radius 3 is 2.41 bits per heavy atom. The van der Waals surface area contributed by atoms with Crippen LogP contribution in [0.4, 0.5) is 0 Å². The van der Waals surface area contributed by atoms with Crippen LogP contribution in [-0.4, -0.2) is 152 Å². The Hall–Kier alpha value is -5.40. The summed E-state index contributed by atoms with van der Waals surface area (Å²) < 4.78 is 17.3. The number of aliphatic imine (C=N–C) groups is 1. The van der Waals surface area contributed by atoms with Gasteiger partial charge in [0.1, 0.15) is 6.61 Å². The zero-order valence-corrected chi connectivity index (χ0v) is 48.3. The van der Waals surface area contributed by atoms with Crippen LogP contribution in [0.25, 0.3) is 5.57 Å². The first-order chi connectivity index (χ1) is 36.0. The van der Waals surface area contributed by atoms with Gasteiger partial charge in [0, 0.05) is 93.6 Å². The molecule has 3 aliphatic heterocycles. The van der Waals surface area contributed by atoms with Crippen LogP contribution in [0, 0.1) is 11.3 Å². The summed E-state index contributed by atoms with van der Waals surface area (Å²) in [5.74, 6) is 1.84. The number of H-pyrrole nitrogens is 1. The highest BCUT2D eigenvalue weighted by molar-refractivity contribution is 5.99. The van der Waals surface area contributed by atoms with Crippen LogP contribution in [0.15, 0.2) is 81.4 Å². The van der Waals surface area contributed by atoms with Gasteiger partial charge in [0.05, 0.1) is 43.1 Å². The summed E-state index contributed by atoms with van der Waals surface area (Å²) in [6.45, 7) is 20.7. The maximum atomic E-state index is 13.7. The van der Waals surface area contributed by atoms with Crippen LogP contribution in [0.2, 0.25) is 0 Å². The maximum Gasteiger partial charge on any atom is 0.250 e. The molecule has 0 radical (unpaired) electrons. The van der Waals surface area contributed by atoms with Crippen molar-refractivity contribution in [1.29, 1.82) is 0 Å². The number of hydrogen-bond donors (Lipinski definition) is 6. The summed E-state index contributed by atoms with van der Waals surface area (Å²) in [6, 6.07) is -0.151. The SMILES string of the molecule is C/C=C(/NC(=O)COCCOCCCCCCO/C(C)=C/C=C\C(C)(C)[C@@H](C)NC(=O)C1C=CC=C(NC2(c3nc(/C(C)=C(\C)C=NC)n[nH]3)CCN(C)CC2)CC1)C1=C(CC)C(=O)N(C2CCC(=O)NC2)C1.CO.Cl. The molecule has 4 aliphatic rings. The number of amides is 4. The molecule has 4 heterocycles. The van der Waals surface area contributed by atoms with Gasteiger partial charge in [-0.1, -0.05) is 57.6 Å². The second-order valence-electron chi connectivity index (χ2n) is 20.5. The number of rotatable bonds is 27. The number of nitrogens with zero attached hydrogens (tertiary/aromatic N) is 5. The number of likely N-dealkylation sites (tertiary alicyclic amines) is 1. The summed E-state index contributed by atoms with van der Waals surface area (Å²) >= 11 is 0. The molecule has 4 amide bonds. The molecule has 424 valence electrons. The number of hydrogen-bond acceptors (Lipinski definition) is 13. The van der Waals surface area contributed by atoms with E-state index in [2.05, 4.69) is 81.3 Å². The van der Waals surface area contributed by atoms with Gasteiger partial charge in [-0.25, -0.2) is 4.98 Å². The molecule has 2 fully saturated rings.